The molecular weight excluding hydrogens is 248 g/mol. The van der Waals surface area contributed by atoms with Crippen molar-refractivity contribution in [1.82, 2.24) is 4.90 Å². The molecule has 20 heavy (non-hydrogen) atoms. The van der Waals surface area contributed by atoms with Crippen molar-refractivity contribution in [3.63, 3.8) is 0 Å². The predicted molar refractivity (Wildman–Crippen MR) is 82.1 cm³/mol. The van der Waals surface area contributed by atoms with Gasteiger partial charge in [-0.15, -0.1) is 0 Å². The molecule has 1 atom stereocenters. The number of carbonyl (C=O) groups is 1. The summed E-state index contributed by atoms with van der Waals surface area (Å²) >= 11 is 0. The van der Waals surface area contributed by atoms with Crippen LogP contribution in [0.3, 0.4) is 0 Å². The van der Waals surface area contributed by atoms with Gasteiger partial charge in [-0.3, -0.25) is 4.79 Å². The summed E-state index contributed by atoms with van der Waals surface area (Å²) < 4.78 is 0. The minimum atomic E-state index is -0.280. The quantitative estimate of drug-likeness (QED) is 0.867. The lowest BCUT2D eigenvalue weighted by Gasteiger charge is -2.44. The molecule has 3 heteroatoms. The van der Waals surface area contributed by atoms with Crippen molar-refractivity contribution in [2.75, 3.05) is 6.54 Å². The van der Waals surface area contributed by atoms with Crippen LogP contribution in [0.15, 0.2) is 30.3 Å². The summed E-state index contributed by atoms with van der Waals surface area (Å²) in [6.45, 7) is 5.43. The fourth-order valence-electron chi connectivity index (χ4n) is 2.84. The third-order valence-corrected chi connectivity index (χ3v) is 4.73. The Labute approximate surface area is 122 Å². The van der Waals surface area contributed by atoms with Crippen molar-refractivity contribution in [2.45, 2.75) is 52.1 Å². The van der Waals surface area contributed by atoms with Crippen molar-refractivity contribution < 1.29 is 4.79 Å². The van der Waals surface area contributed by atoms with Crippen LogP contribution in [0.1, 0.15) is 45.1 Å². The lowest BCUT2D eigenvalue weighted by atomic mass is 9.67. The average Bonchev–Trinajstić information content (AvgIpc) is 2.44. The van der Waals surface area contributed by atoms with Crippen LogP contribution in [-0.4, -0.2) is 23.4 Å². The van der Waals surface area contributed by atoms with E-state index in [2.05, 4.69) is 26.0 Å². The molecule has 0 radical (unpaired) electrons. The van der Waals surface area contributed by atoms with Gasteiger partial charge in [0, 0.05) is 19.1 Å². The van der Waals surface area contributed by atoms with Gasteiger partial charge in [-0.05, 0) is 31.7 Å². The number of amides is 1. The van der Waals surface area contributed by atoms with Crippen LogP contribution in [0.25, 0.3) is 0 Å². The SMILES string of the molecule is CCC(C)N(Cc1ccccc1)C(=O)C1(CN)CCC1. The monoisotopic (exact) mass is 274 g/mol. The van der Waals surface area contributed by atoms with Gasteiger partial charge in [0.1, 0.15) is 0 Å². The summed E-state index contributed by atoms with van der Waals surface area (Å²) in [7, 11) is 0. The van der Waals surface area contributed by atoms with E-state index in [1.165, 1.54) is 5.56 Å². The van der Waals surface area contributed by atoms with Crippen molar-refractivity contribution in [1.29, 1.82) is 0 Å². The molecule has 0 spiro atoms. The molecule has 0 aromatic heterocycles. The Balaban J connectivity index is 2.17. The van der Waals surface area contributed by atoms with Crippen molar-refractivity contribution in [3.8, 4) is 0 Å². The molecule has 1 unspecified atom stereocenters. The summed E-state index contributed by atoms with van der Waals surface area (Å²) in [5.74, 6) is 0.254. The van der Waals surface area contributed by atoms with Crippen LogP contribution in [0, 0.1) is 5.41 Å². The third-order valence-electron chi connectivity index (χ3n) is 4.73. The number of benzene rings is 1. The largest absolute Gasteiger partial charge is 0.335 e. The Morgan fingerprint density at radius 3 is 2.45 bits per heavy atom. The van der Waals surface area contributed by atoms with E-state index in [4.69, 9.17) is 5.73 Å². The number of hydrogen-bond donors (Lipinski definition) is 1. The minimum absolute atomic E-state index is 0.254. The average molecular weight is 274 g/mol. The summed E-state index contributed by atoms with van der Waals surface area (Å²) in [4.78, 5) is 15.0. The Bertz CT molecular complexity index is 434. The molecule has 1 amide bonds. The van der Waals surface area contributed by atoms with Gasteiger partial charge in [-0.25, -0.2) is 0 Å². The maximum absolute atomic E-state index is 12.9. The normalized spacial score (nSPS) is 18.1. The smallest absolute Gasteiger partial charge is 0.230 e. The molecule has 3 nitrogen and oxygen atoms in total. The number of nitrogens with zero attached hydrogens (tertiary/aromatic N) is 1. The number of rotatable bonds is 6. The molecule has 1 saturated carbocycles. The van der Waals surface area contributed by atoms with Crippen molar-refractivity contribution in [2.24, 2.45) is 11.1 Å². The second kappa shape index (κ2) is 6.40. The van der Waals surface area contributed by atoms with Gasteiger partial charge >= 0.3 is 0 Å². The lowest BCUT2D eigenvalue weighted by Crippen LogP contribution is -2.53. The van der Waals surface area contributed by atoms with Gasteiger partial charge in [0.25, 0.3) is 0 Å². The highest BCUT2D eigenvalue weighted by Gasteiger charge is 2.45. The molecule has 0 saturated heterocycles. The summed E-state index contributed by atoms with van der Waals surface area (Å²) in [5.41, 5.74) is 6.80. The highest BCUT2D eigenvalue weighted by Crippen LogP contribution is 2.42. The molecule has 1 aromatic carbocycles. The second-order valence-corrected chi connectivity index (χ2v) is 6.01. The number of nitrogens with two attached hydrogens (primary N) is 1. The molecule has 2 N–H and O–H groups in total. The molecule has 1 fully saturated rings. The van der Waals surface area contributed by atoms with Crippen LogP contribution in [0.5, 0.6) is 0 Å². The Kier molecular flexibility index (Phi) is 4.81. The van der Waals surface area contributed by atoms with Crippen LogP contribution >= 0.6 is 0 Å². The van der Waals surface area contributed by atoms with Gasteiger partial charge < -0.3 is 10.6 Å². The van der Waals surface area contributed by atoms with E-state index in [9.17, 15) is 4.79 Å². The van der Waals surface area contributed by atoms with Gasteiger partial charge in [0.2, 0.25) is 5.91 Å². The first kappa shape index (κ1) is 15.0. The molecule has 1 aliphatic rings. The topological polar surface area (TPSA) is 46.3 Å². The van der Waals surface area contributed by atoms with Gasteiger partial charge in [-0.1, -0.05) is 43.7 Å². The Hall–Kier alpha value is -1.35. The molecule has 110 valence electrons. The zero-order valence-electron chi connectivity index (χ0n) is 12.6. The van der Waals surface area contributed by atoms with E-state index in [-0.39, 0.29) is 17.4 Å². The molecule has 0 heterocycles. The fraction of sp³-hybridized carbons (Fsp3) is 0.588. The molecule has 2 rings (SSSR count). The Morgan fingerprint density at radius 1 is 1.35 bits per heavy atom. The molecule has 1 aromatic rings. The van der Waals surface area contributed by atoms with Gasteiger partial charge in [-0.2, -0.15) is 0 Å². The van der Waals surface area contributed by atoms with Gasteiger partial charge in [0.15, 0.2) is 0 Å². The first-order valence-electron chi connectivity index (χ1n) is 7.68. The van der Waals surface area contributed by atoms with E-state index in [0.29, 0.717) is 13.1 Å². The molecule has 0 bridgehead atoms. The third kappa shape index (κ3) is 2.88. The minimum Gasteiger partial charge on any atom is -0.335 e. The first-order chi connectivity index (χ1) is 9.63. The molecular formula is C17H26N2O. The van der Waals surface area contributed by atoms with Crippen LogP contribution in [0.2, 0.25) is 0 Å². The van der Waals surface area contributed by atoms with E-state index < -0.39 is 0 Å². The summed E-state index contributed by atoms with van der Waals surface area (Å²) in [6.07, 6.45) is 4.00. The maximum Gasteiger partial charge on any atom is 0.230 e. The summed E-state index contributed by atoms with van der Waals surface area (Å²) in [6, 6.07) is 10.5. The van der Waals surface area contributed by atoms with E-state index in [1.807, 2.05) is 23.1 Å². The standard InChI is InChI=1S/C17H26N2O/c1-3-14(2)19(12-15-8-5-4-6-9-15)16(20)17(13-18)10-7-11-17/h4-6,8-9,14H,3,7,10-13,18H2,1-2H3. The highest BCUT2D eigenvalue weighted by molar-refractivity contribution is 5.84. The van der Waals surface area contributed by atoms with E-state index >= 15 is 0 Å². The Morgan fingerprint density at radius 2 is 2.00 bits per heavy atom. The predicted octanol–water partition coefficient (Wildman–Crippen LogP) is 2.94. The molecule has 1 aliphatic carbocycles. The fourth-order valence-corrected chi connectivity index (χ4v) is 2.84. The highest BCUT2D eigenvalue weighted by atomic mass is 16.2. The van der Waals surface area contributed by atoms with Crippen molar-refractivity contribution >= 4 is 5.91 Å². The second-order valence-electron chi connectivity index (χ2n) is 6.01. The maximum atomic E-state index is 12.9. The van der Waals surface area contributed by atoms with E-state index in [0.717, 1.165) is 25.7 Å². The van der Waals surface area contributed by atoms with Crippen LogP contribution in [0.4, 0.5) is 0 Å². The number of carbonyl (C=O) groups excluding carboxylic acids is 1. The van der Waals surface area contributed by atoms with Crippen LogP contribution < -0.4 is 5.73 Å². The zero-order valence-corrected chi connectivity index (χ0v) is 12.6. The zero-order chi connectivity index (χ0) is 14.6. The first-order valence-corrected chi connectivity index (χ1v) is 7.68. The van der Waals surface area contributed by atoms with Crippen molar-refractivity contribution in [3.05, 3.63) is 35.9 Å². The van der Waals surface area contributed by atoms with E-state index in [1.54, 1.807) is 0 Å². The summed E-state index contributed by atoms with van der Waals surface area (Å²) in [5, 5.41) is 0. The molecule has 0 aliphatic heterocycles. The van der Waals surface area contributed by atoms with Crippen LogP contribution in [-0.2, 0) is 11.3 Å². The van der Waals surface area contributed by atoms with Gasteiger partial charge in [0.05, 0.1) is 5.41 Å². The lowest BCUT2D eigenvalue weighted by molar-refractivity contribution is -0.149. The number of hydrogen-bond acceptors (Lipinski definition) is 2.